The van der Waals surface area contributed by atoms with E-state index in [9.17, 15) is 0 Å². The quantitative estimate of drug-likeness (QED) is 0.290. The maximum atomic E-state index is 5.47. The third kappa shape index (κ3) is 20.9. The molecule has 0 saturated carbocycles. The van der Waals surface area contributed by atoms with Gasteiger partial charge in [-0.15, -0.1) is 0 Å². The second-order valence-corrected chi connectivity index (χ2v) is 5.73. The molecule has 0 heterocycles. The minimum atomic E-state index is 0. The van der Waals surface area contributed by atoms with Crippen LogP contribution in [0.4, 0.5) is 0 Å². The van der Waals surface area contributed by atoms with Crippen molar-refractivity contribution in [3.63, 3.8) is 0 Å². The van der Waals surface area contributed by atoms with Gasteiger partial charge in [0.25, 0.3) is 0 Å². The van der Waals surface area contributed by atoms with Gasteiger partial charge in [0.05, 0.1) is 0 Å². The van der Waals surface area contributed by atoms with Crippen molar-refractivity contribution in [2.75, 3.05) is 6.54 Å². The van der Waals surface area contributed by atoms with Gasteiger partial charge in [-0.1, -0.05) is 76.9 Å². The fourth-order valence-electron chi connectivity index (χ4n) is 2.39. The number of allylic oxidation sites excluding steroid dienone is 2. The van der Waals surface area contributed by atoms with Crippen LogP contribution >= 0.6 is 0 Å². The van der Waals surface area contributed by atoms with Gasteiger partial charge in [0.15, 0.2) is 0 Å². The first-order chi connectivity index (χ1) is 9.41. The molecule has 2 N–H and O–H groups in total. The average molecular weight is 382 g/mol. The predicted octanol–water partition coefficient (Wildman–Crippen LogP) is 5.60. The molecule has 0 atom stereocenters. The molecule has 0 unspecified atom stereocenters. The van der Waals surface area contributed by atoms with Gasteiger partial charge in [-0.05, 0) is 38.6 Å². The Hall–Kier alpha value is 0.570. The van der Waals surface area contributed by atoms with Crippen LogP contribution in [0.25, 0.3) is 0 Å². The zero-order valence-corrected chi connectivity index (χ0v) is 17.2. The van der Waals surface area contributed by atoms with Crippen molar-refractivity contribution >= 4 is 25.8 Å². The summed E-state index contributed by atoms with van der Waals surface area (Å²) in [5.41, 5.74) is 5.47. The summed E-state index contributed by atoms with van der Waals surface area (Å²) in [7, 11) is 0. The monoisotopic (exact) mass is 382 g/mol. The molecule has 0 aromatic carbocycles. The van der Waals surface area contributed by atoms with Crippen LogP contribution < -0.4 is 5.73 Å². The van der Waals surface area contributed by atoms with Crippen LogP contribution in [0.15, 0.2) is 12.2 Å². The Kier molecular flexibility index (Phi) is 25.0. The molecule has 0 aromatic rings. The SMILES string of the molecule is CCCCCCCC/C=C\CCCCCCCCN.[In]. The van der Waals surface area contributed by atoms with Crippen molar-refractivity contribution in [2.24, 2.45) is 5.73 Å². The van der Waals surface area contributed by atoms with E-state index in [4.69, 9.17) is 5.73 Å². The van der Waals surface area contributed by atoms with Crippen molar-refractivity contribution < 1.29 is 0 Å². The minimum Gasteiger partial charge on any atom is -0.330 e. The minimum absolute atomic E-state index is 0. The maximum absolute atomic E-state index is 5.47. The van der Waals surface area contributed by atoms with Gasteiger partial charge in [0, 0.05) is 25.8 Å². The summed E-state index contributed by atoms with van der Waals surface area (Å²) in [6.45, 7) is 3.14. The van der Waals surface area contributed by atoms with E-state index < -0.39 is 0 Å². The Bertz CT molecular complexity index is 180. The van der Waals surface area contributed by atoms with Crippen LogP contribution in [0.2, 0.25) is 0 Å². The molecular formula is C18H37InN. The summed E-state index contributed by atoms with van der Waals surface area (Å²) in [4.78, 5) is 0. The Morgan fingerprint density at radius 1 is 0.600 bits per heavy atom. The summed E-state index contributed by atoms with van der Waals surface area (Å²) in [6, 6.07) is 0. The number of hydrogen-bond acceptors (Lipinski definition) is 1. The standard InChI is InChI=1S/C18H37N.In/c1-2-3-4-5-6-7-8-9-10-11-12-13-14-15-16-17-18-19;/h9-10H,2-8,11-19H2,1H3;/b10-9-;. The van der Waals surface area contributed by atoms with E-state index in [0.717, 1.165) is 6.54 Å². The Morgan fingerprint density at radius 2 is 1.00 bits per heavy atom. The van der Waals surface area contributed by atoms with Gasteiger partial charge < -0.3 is 5.73 Å². The largest absolute Gasteiger partial charge is 0.330 e. The van der Waals surface area contributed by atoms with Crippen LogP contribution in [0, 0.1) is 0 Å². The van der Waals surface area contributed by atoms with E-state index in [-0.39, 0.29) is 25.8 Å². The van der Waals surface area contributed by atoms with Crippen LogP contribution in [0.1, 0.15) is 96.8 Å². The molecule has 0 aliphatic heterocycles. The first-order valence-electron chi connectivity index (χ1n) is 8.77. The van der Waals surface area contributed by atoms with E-state index in [1.807, 2.05) is 0 Å². The second kappa shape index (κ2) is 21.9. The van der Waals surface area contributed by atoms with Gasteiger partial charge in [0.2, 0.25) is 0 Å². The number of nitrogens with two attached hydrogens (primary N) is 1. The topological polar surface area (TPSA) is 26.0 Å². The van der Waals surface area contributed by atoms with Crippen molar-refractivity contribution in [1.82, 2.24) is 0 Å². The van der Waals surface area contributed by atoms with Gasteiger partial charge in [-0.3, -0.25) is 0 Å². The van der Waals surface area contributed by atoms with Gasteiger partial charge in [-0.2, -0.15) is 0 Å². The van der Waals surface area contributed by atoms with E-state index in [1.165, 1.54) is 89.9 Å². The van der Waals surface area contributed by atoms with Crippen molar-refractivity contribution in [1.29, 1.82) is 0 Å². The number of rotatable bonds is 15. The zero-order valence-electron chi connectivity index (χ0n) is 13.9. The fraction of sp³-hybridized carbons (Fsp3) is 0.889. The van der Waals surface area contributed by atoms with Crippen LogP contribution in [0.3, 0.4) is 0 Å². The molecule has 0 aliphatic carbocycles. The summed E-state index contributed by atoms with van der Waals surface area (Å²) >= 11 is 0. The molecule has 0 aliphatic rings. The van der Waals surface area contributed by atoms with Crippen molar-refractivity contribution in [2.45, 2.75) is 96.8 Å². The Morgan fingerprint density at radius 3 is 1.45 bits per heavy atom. The van der Waals surface area contributed by atoms with Crippen molar-refractivity contribution in [3.8, 4) is 0 Å². The summed E-state index contributed by atoms with van der Waals surface area (Å²) in [6.07, 6.45) is 23.9. The van der Waals surface area contributed by atoms with Crippen LogP contribution in [-0.4, -0.2) is 32.4 Å². The average Bonchev–Trinajstić information content (AvgIpc) is 2.43. The van der Waals surface area contributed by atoms with Gasteiger partial charge in [-0.25, -0.2) is 0 Å². The van der Waals surface area contributed by atoms with Crippen LogP contribution in [-0.2, 0) is 0 Å². The van der Waals surface area contributed by atoms with E-state index in [1.54, 1.807) is 0 Å². The molecular weight excluding hydrogens is 345 g/mol. The van der Waals surface area contributed by atoms with E-state index in [2.05, 4.69) is 19.1 Å². The van der Waals surface area contributed by atoms with E-state index >= 15 is 0 Å². The molecule has 20 heavy (non-hydrogen) atoms. The van der Waals surface area contributed by atoms with Crippen molar-refractivity contribution in [3.05, 3.63) is 12.2 Å². The molecule has 0 aromatic heterocycles. The molecule has 0 fully saturated rings. The van der Waals surface area contributed by atoms with Gasteiger partial charge >= 0.3 is 0 Å². The number of unbranched alkanes of at least 4 members (excludes halogenated alkanes) is 12. The fourth-order valence-corrected chi connectivity index (χ4v) is 2.39. The molecule has 0 bridgehead atoms. The summed E-state index contributed by atoms with van der Waals surface area (Å²) < 4.78 is 0. The second-order valence-electron chi connectivity index (χ2n) is 5.73. The number of hydrogen-bond donors (Lipinski definition) is 1. The molecule has 0 amide bonds. The first-order valence-corrected chi connectivity index (χ1v) is 8.77. The smallest absolute Gasteiger partial charge is 0 e. The molecule has 117 valence electrons. The third-order valence-corrected chi connectivity index (χ3v) is 3.72. The molecule has 0 saturated heterocycles. The maximum Gasteiger partial charge on any atom is 0 e. The third-order valence-electron chi connectivity index (χ3n) is 3.72. The Labute approximate surface area is 147 Å². The molecule has 0 rings (SSSR count). The normalized spacial score (nSPS) is 10.9. The zero-order chi connectivity index (χ0) is 14.0. The van der Waals surface area contributed by atoms with Crippen LogP contribution in [0.5, 0.6) is 0 Å². The Balaban J connectivity index is 0. The summed E-state index contributed by atoms with van der Waals surface area (Å²) in [5, 5.41) is 0. The van der Waals surface area contributed by atoms with Gasteiger partial charge in [0.1, 0.15) is 0 Å². The molecule has 2 heteroatoms. The first kappa shape index (κ1) is 22.8. The molecule has 0 spiro atoms. The molecule has 1 nitrogen and oxygen atoms in total. The predicted molar refractivity (Wildman–Crippen MR) is 94.3 cm³/mol. The molecule has 3 radical (unpaired) electrons. The van der Waals surface area contributed by atoms with E-state index in [0.29, 0.717) is 0 Å². The summed E-state index contributed by atoms with van der Waals surface area (Å²) in [5.74, 6) is 0.